The van der Waals surface area contributed by atoms with Crippen LogP contribution in [-0.2, 0) is 4.79 Å². The zero-order valence-electron chi connectivity index (χ0n) is 15.5. The lowest BCUT2D eigenvalue weighted by molar-refractivity contribution is -0.116. The Morgan fingerprint density at radius 2 is 1.89 bits per heavy atom. The molecule has 0 atom stereocenters. The van der Waals surface area contributed by atoms with Crippen LogP contribution >= 0.6 is 11.8 Å². The van der Waals surface area contributed by atoms with Crippen molar-refractivity contribution in [1.29, 1.82) is 0 Å². The summed E-state index contributed by atoms with van der Waals surface area (Å²) in [6.07, 6.45) is 0. The van der Waals surface area contributed by atoms with E-state index in [0.29, 0.717) is 17.7 Å². The van der Waals surface area contributed by atoms with Crippen LogP contribution in [0.3, 0.4) is 0 Å². The van der Waals surface area contributed by atoms with E-state index in [1.807, 2.05) is 62.4 Å². The van der Waals surface area contributed by atoms with Gasteiger partial charge in [0.15, 0.2) is 0 Å². The van der Waals surface area contributed by atoms with Crippen LogP contribution in [0.2, 0.25) is 0 Å². The van der Waals surface area contributed by atoms with Gasteiger partial charge in [0.1, 0.15) is 5.75 Å². The van der Waals surface area contributed by atoms with Gasteiger partial charge in [-0.2, -0.15) is 0 Å². The maximum absolute atomic E-state index is 12.6. The van der Waals surface area contributed by atoms with E-state index in [1.54, 1.807) is 12.0 Å². The summed E-state index contributed by atoms with van der Waals surface area (Å²) in [5.41, 5.74) is 2.80. The Hall–Kier alpha value is -2.80. The monoisotopic (exact) mass is 383 g/mol. The molecule has 7 heteroatoms. The summed E-state index contributed by atoms with van der Waals surface area (Å²) in [6, 6.07) is 15.2. The second-order valence-electron chi connectivity index (χ2n) is 5.81. The standard InChI is InChI=1S/C20H21N3O3S/c1-4-23(17-8-6-5-7-14(17)2)18(24)13-27-20-22-21-19(26-20)15-9-11-16(25-3)12-10-15/h5-12H,4,13H2,1-3H3. The van der Waals surface area contributed by atoms with Gasteiger partial charge in [0.2, 0.25) is 11.8 Å². The third-order valence-electron chi connectivity index (χ3n) is 4.09. The highest BCUT2D eigenvalue weighted by atomic mass is 32.2. The Morgan fingerprint density at radius 3 is 2.56 bits per heavy atom. The first-order valence-electron chi connectivity index (χ1n) is 8.59. The largest absolute Gasteiger partial charge is 0.497 e. The number of thioether (sulfide) groups is 1. The van der Waals surface area contributed by atoms with E-state index in [9.17, 15) is 4.79 Å². The first kappa shape index (κ1) is 19.0. The number of para-hydroxylation sites is 1. The fourth-order valence-corrected chi connectivity index (χ4v) is 3.31. The summed E-state index contributed by atoms with van der Waals surface area (Å²) < 4.78 is 10.8. The van der Waals surface area contributed by atoms with Gasteiger partial charge in [0.05, 0.1) is 12.9 Å². The summed E-state index contributed by atoms with van der Waals surface area (Å²) in [7, 11) is 1.62. The van der Waals surface area contributed by atoms with E-state index in [2.05, 4.69) is 10.2 Å². The molecule has 0 radical (unpaired) electrons. The summed E-state index contributed by atoms with van der Waals surface area (Å²) in [5.74, 6) is 1.40. The zero-order chi connectivity index (χ0) is 19.2. The van der Waals surface area contributed by atoms with E-state index >= 15 is 0 Å². The highest BCUT2D eigenvalue weighted by Gasteiger charge is 2.18. The first-order valence-corrected chi connectivity index (χ1v) is 9.57. The van der Waals surface area contributed by atoms with Gasteiger partial charge in [0.25, 0.3) is 5.22 Å². The molecule has 3 aromatic rings. The van der Waals surface area contributed by atoms with Crippen LogP contribution in [-0.4, -0.2) is 35.5 Å². The lowest BCUT2D eigenvalue weighted by atomic mass is 10.2. The van der Waals surface area contributed by atoms with Gasteiger partial charge < -0.3 is 14.1 Å². The first-order chi connectivity index (χ1) is 13.1. The molecule has 0 bridgehead atoms. The number of amides is 1. The van der Waals surface area contributed by atoms with Crippen molar-refractivity contribution in [2.45, 2.75) is 19.1 Å². The molecule has 0 aliphatic rings. The van der Waals surface area contributed by atoms with Gasteiger partial charge in [-0.15, -0.1) is 10.2 Å². The molecule has 0 saturated heterocycles. The number of hydrogen-bond donors (Lipinski definition) is 0. The molecule has 0 N–H and O–H groups in total. The van der Waals surface area contributed by atoms with Crippen LogP contribution in [0.1, 0.15) is 12.5 Å². The van der Waals surface area contributed by atoms with Crippen LogP contribution in [0.5, 0.6) is 5.75 Å². The molecule has 1 aromatic heterocycles. The van der Waals surface area contributed by atoms with Crippen molar-refractivity contribution in [3.8, 4) is 17.2 Å². The molecule has 0 saturated carbocycles. The normalized spacial score (nSPS) is 10.6. The number of benzene rings is 2. The zero-order valence-corrected chi connectivity index (χ0v) is 16.3. The number of ether oxygens (including phenoxy) is 1. The third-order valence-corrected chi connectivity index (χ3v) is 4.89. The maximum Gasteiger partial charge on any atom is 0.277 e. The van der Waals surface area contributed by atoms with Crippen LogP contribution < -0.4 is 9.64 Å². The minimum absolute atomic E-state index is 0.000924. The van der Waals surface area contributed by atoms with Gasteiger partial charge in [-0.05, 0) is 49.7 Å². The number of anilines is 1. The molecule has 6 nitrogen and oxygen atoms in total. The van der Waals surface area contributed by atoms with Crippen LogP contribution in [0.4, 0.5) is 5.69 Å². The minimum atomic E-state index is 0.000924. The van der Waals surface area contributed by atoms with Gasteiger partial charge >= 0.3 is 0 Å². The Labute approximate surface area is 162 Å². The third kappa shape index (κ3) is 4.49. The SMILES string of the molecule is CCN(C(=O)CSc1nnc(-c2ccc(OC)cc2)o1)c1ccccc1C. The molecule has 0 unspecified atom stereocenters. The van der Waals surface area contributed by atoms with Gasteiger partial charge in [-0.3, -0.25) is 4.79 Å². The number of nitrogens with zero attached hydrogens (tertiary/aromatic N) is 3. The molecule has 27 heavy (non-hydrogen) atoms. The molecule has 0 aliphatic heterocycles. The van der Waals surface area contributed by atoms with Crippen LogP contribution in [0, 0.1) is 6.92 Å². The minimum Gasteiger partial charge on any atom is -0.497 e. The molecule has 0 aliphatic carbocycles. The number of carbonyl (C=O) groups is 1. The predicted molar refractivity (Wildman–Crippen MR) is 106 cm³/mol. The summed E-state index contributed by atoms with van der Waals surface area (Å²) in [5, 5.41) is 8.45. The van der Waals surface area contributed by atoms with E-state index in [-0.39, 0.29) is 11.7 Å². The van der Waals surface area contributed by atoms with Crippen molar-refractivity contribution >= 4 is 23.4 Å². The highest BCUT2D eigenvalue weighted by Crippen LogP contribution is 2.26. The molecular formula is C20H21N3O3S. The molecular weight excluding hydrogens is 362 g/mol. The Morgan fingerprint density at radius 1 is 1.15 bits per heavy atom. The fraction of sp³-hybridized carbons (Fsp3) is 0.250. The van der Waals surface area contributed by atoms with Crippen molar-refractivity contribution in [1.82, 2.24) is 10.2 Å². The topological polar surface area (TPSA) is 68.5 Å². The summed E-state index contributed by atoms with van der Waals surface area (Å²) in [6.45, 7) is 4.56. The quantitative estimate of drug-likeness (QED) is 0.570. The fourth-order valence-electron chi connectivity index (χ4n) is 2.67. The molecule has 0 fully saturated rings. The Bertz CT molecular complexity index is 909. The number of aryl methyl sites for hydroxylation is 1. The van der Waals surface area contributed by atoms with Gasteiger partial charge in [-0.1, -0.05) is 30.0 Å². The molecule has 3 rings (SSSR count). The number of methoxy groups -OCH3 is 1. The average Bonchev–Trinajstić information content (AvgIpc) is 3.17. The van der Waals surface area contributed by atoms with Crippen molar-refractivity contribution in [3.63, 3.8) is 0 Å². The van der Waals surface area contributed by atoms with Crippen molar-refractivity contribution in [2.24, 2.45) is 0 Å². The van der Waals surface area contributed by atoms with E-state index in [0.717, 1.165) is 22.6 Å². The number of rotatable bonds is 7. The molecule has 1 heterocycles. The molecule has 140 valence electrons. The number of hydrogen-bond acceptors (Lipinski definition) is 6. The average molecular weight is 383 g/mol. The second-order valence-corrected chi connectivity index (χ2v) is 6.74. The Balaban J connectivity index is 1.65. The summed E-state index contributed by atoms with van der Waals surface area (Å²) >= 11 is 1.24. The summed E-state index contributed by atoms with van der Waals surface area (Å²) in [4.78, 5) is 14.4. The number of carbonyl (C=O) groups excluding carboxylic acids is 1. The molecule has 1 amide bonds. The second kappa shape index (κ2) is 8.73. The Kier molecular flexibility index (Phi) is 6.13. The predicted octanol–water partition coefficient (Wildman–Crippen LogP) is 4.20. The molecule has 0 spiro atoms. The van der Waals surface area contributed by atoms with Crippen molar-refractivity contribution in [2.75, 3.05) is 24.3 Å². The smallest absolute Gasteiger partial charge is 0.277 e. The maximum atomic E-state index is 12.6. The van der Waals surface area contributed by atoms with E-state index in [4.69, 9.17) is 9.15 Å². The number of aromatic nitrogens is 2. The van der Waals surface area contributed by atoms with Gasteiger partial charge in [0, 0.05) is 17.8 Å². The van der Waals surface area contributed by atoms with Gasteiger partial charge in [-0.25, -0.2) is 0 Å². The highest BCUT2D eigenvalue weighted by molar-refractivity contribution is 7.99. The van der Waals surface area contributed by atoms with Crippen molar-refractivity contribution in [3.05, 3.63) is 54.1 Å². The lowest BCUT2D eigenvalue weighted by Crippen LogP contribution is -2.32. The van der Waals surface area contributed by atoms with Crippen LogP contribution in [0.15, 0.2) is 58.2 Å². The van der Waals surface area contributed by atoms with E-state index < -0.39 is 0 Å². The lowest BCUT2D eigenvalue weighted by Gasteiger charge is -2.22. The van der Waals surface area contributed by atoms with Crippen molar-refractivity contribution < 1.29 is 13.9 Å². The van der Waals surface area contributed by atoms with Crippen LogP contribution in [0.25, 0.3) is 11.5 Å². The molecule has 2 aromatic carbocycles. The van der Waals surface area contributed by atoms with E-state index in [1.165, 1.54) is 11.8 Å².